The van der Waals surface area contributed by atoms with E-state index in [1.165, 1.54) is 15.9 Å². The van der Waals surface area contributed by atoms with Crippen molar-refractivity contribution in [2.24, 2.45) is 0 Å². The first-order valence-electron chi connectivity index (χ1n) is 13.2. The number of aromatic nitrogens is 2. The lowest BCUT2D eigenvalue weighted by molar-refractivity contribution is 0.379. The maximum atomic E-state index is 13.8. The van der Waals surface area contributed by atoms with Gasteiger partial charge in [0.2, 0.25) is 10.0 Å². The van der Waals surface area contributed by atoms with E-state index in [9.17, 15) is 13.2 Å². The van der Waals surface area contributed by atoms with E-state index in [0.717, 1.165) is 16.7 Å². The van der Waals surface area contributed by atoms with Crippen molar-refractivity contribution in [3.63, 3.8) is 0 Å². The van der Waals surface area contributed by atoms with Gasteiger partial charge in [0, 0.05) is 7.05 Å². The largest absolute Gasteiger partial charge is 0.268 e. The molecule has 0 aliphatic carbocycles. The molecule has 0 saturated carbocycles. The quantitative estimate of drug-likeness (QED) is 0.235. The first-order chi connectivity index (χ1) is 19.0. The predicted molar refractivity (Wildman–Crippen MR) is 161 cm³/mol. The van der Waals surface area contributed by atoms with Crippen molar-refractivity contribution in [2.75, 3.05) is 7.05 Å². The molecule has 40 heavy (non-hydrogen) atoms. The normalized spacial score (nSPS) is 13.1. The molecule has 0 N–H and O–H groups in total. The average Bonchev–Trinajstić information content (AvgIpc) is 2.96. The fraction of sp³-hybridized carbons (Fsp3) is 0.212. The topological polar surface area (TPSA) is 72.3 Å². The van der Waals surface area contributed by atoms with Crippen LogP contribution in [0.2, 0.25) is 0 Å². The molecule has 204 valence electrons. The van der Waals surface area contributed by atoms with Crippen LogP contribution in [-0.2, 0) is 15.4 Å². The van der Waals surface area contributed by atoms with Gasteiger partial charge in [-0.05, 0) is 65.4 Å². The number of sulfonamides is 1. The van der Waals surface area contributed by atoms with E-state index in [1.807, 2.05) is 72.8 Å². The van der Waals surface area contributed by atoms with Crippen molar-refractivity contribution in [1.29, 1.82) is 0 Å². The third-order valence-corrected chi connectivity index (χ3v) is 9.29. The van der Waals surface area contributed by atoms with Crippen LogP contribution in [-0.4, -0.2) is 29.3 Å². The molecule has 4 aromatic carbocycles. The predicted octanol–water partition coefficient (Wildman–Crippen LogP) is 6.73. The molecule has 0 bridgehead atoms. The van der Waals surface area contributed by atoms with Crippen LogP contribution in [0.4, 0.5) is 0 Å². The van der Waals surface area contributed by atoms with Crippen molar-refractivity contribution in [2.45, 2.75) is 44.0 Å². The summed E-state index contributed by atoms with van der Waals surface area (Å²) < 4.78 is 30.3. The van der Waals surface area contributed by atoms with E-state index in [4.69, 9.17) is 4.98 Å². The minimum atomic E-state index is -3.90. The molecule has 7 heteroatoms. The Morgan fingerprint density at radius 1 is 0.775 bits per heavy atom. The zero-order valence-electron chi connectivity index (χ0n) is 23.4. The molecule has 0 saturated heterocycles. The standard InChI is InChI=1S/C33H33N3O3S/c1-23(35(5)40(38,39)28-21-15-25(16-22-28)24-11-7-6-8-12-24)31-34-30-14-10-9-13-29(30)32(37)36(31)27-19-17-26(18-20-27)33(2,3)4/h6-23H,1-5H3. The molecule has 1 unspecified atom stereocenters. The maximum Gasteiger partial charge on any atom is 0.266 e. The molecule has 1 heterocycles. The Morgan fingerprint density at radius 3 is 1.98 bits per heavy atom. The molecule has 0 spiro atoms. The second-order valence-corrected chi connectivity index (χ2v) is 13.0. The zero-order valence-corrected chi connectivity index (χ0v) is 24.2. The number of benzene rings is 4. The number of fused-ring (bicyclic) bond motifs is 1. The summed E-state index contributed by atoms with van der Waals surface area (Å²) in [6.07, 6.45) is 0. The molecule has 0 aliphatic heterocycles. The minimum absolute atomic E-state index is 0.0500. The fourth-order valence-electron chi connectivity index (χ4n) is 4.78. The van der Waals surface area contributed by atoms with E-state index in [2.05, 4.69) is 20.8 Å². The van der Waals surface area contributed by atoms with Crippen molar-refractivity contribution in [3.05, 3.63) is 125 Å². The summed E-state index contributed by atoms with van der Waals surface area (Å²) in [4.78, 5) is 18.8. The van der Waals surface area contributed by atoms with Crippen molar-refractivity contribution in [3.8, 4) is 16.8 Å². The van der Waals surface area contributed by atoms with Gasteiger partial charge in [-0.3, -0.25) is 9.36 Å². The Kier molecular flexibility index (Phi) is 7.21. The summed E-state index contributed by atoms with van der Waals surface area (Å²) >= 11 is 0. The summed E-state index contributed by atoms with van der Waals surface area (Å²) in [6.45, 7) is 8.15. The van der Waals surface area contributed by atoms with E-state index >= 15 is 0 Å². The van der Waals surface area contributed by atoms with Gasteiger partial charge in [-0.15, -0.1) is 0 Å². The number of hydrogen-bond donors (Lipinski definition) is 0. The van der Waals surface area contributed by atoms with Crippen LogP contribution in [0.1, 0.15) is 45.1 Å². The summed E-state index contributed by atoms with van der Waals surface area (Å²) in [5, 5.41) is 0.473. The van der Waals surface area contributed by atoms with Crippen LogP contribution in [0.3, 0.4) is 0 Å². The molecular formula is C33H33N3O3S. The fourth-order valence-corrected chi connectivity index (χ4v) is 6.10. The number of hydrogen-bond acceptors (Lipinski definition) is 4. The van der Waals surface area contributed by atoms with Gasteiger partial charge in [-0.25, -0.2) is 13.4 Å². The van der Waals surface area contributed by atoms with Crippen LogP contribution < -0.4 is 5.56 Å². The van der Waals surface area contributed by atoms with E-state index in [-0.39, 0.29) is 15.9 Å². The molecule has 0 aliphatic rings. The highest BCUT2D eigenvalue weighted by atomic mass is 32.2. The van der Waals surface area contributed by atoms with Gasteiger partial charge < -0.3 is 0 Å². The molecule has 0 radical (unpaired) electrons. The van der Waals surface area contributed by atoms with Crippen LogP contribution in [0.25, 0.3) is 27.7 Å². The second kappa shape index (κ2) is 10.5. The molecule has 0 amide bonds. The average molecular weight is 552 g/mol. The van der Waals surface area contributed by atoms with E-state index < -0.39 is 16.1 Å². The molecular weight excluding hydrogens is 518 g/mol. The number of para-hydroxylation sites is 1. The summed E-state index contributed by atoms with van der Waals surface area (Å²) in [6, 6.07) is 30.8. The summed E-state index contributed by atoms with van der Waals surface area (Å²) in [5.41, 5.74) is 3.94. The van der Waals surface area contributed by atoms with E-state index in [0.29, 0.717) is 22.4 Å². The molecule has 1 atom stereocenters. The summed E-state index contributed by atoms with van der Waals surface area (Å²) in [5.74, 6) is 0.346. The molecule has 0 fully saturated rings. The zero-order chi connectivity index (χ0) is 28.7. The highest BCUT2D eigenvalue weighted by Crippen LogP contribution is 2.29. The molecule has 1 aromatic heterocycles. The number of rotatable bonds is 6. The van der Waals surface area contributed by atoms with Gasteiger partial charge in [0.05, 0.1) is 27.5 Å². The Hall–Kier alpha value is -4.07. The molecule has 6 nitrogen and oxygen atoms in total. The minimum Gasteiger partial charge on any atom is -0.268 e. The number of nitrogens with zero attached hydrogens (tertiary/aromatic N) is 3. The Labute approximate surface area is 235 Å². The van der Waals surface area contributed by atoms with Crippen LogP contribution >= 0.6 is 0 Å². The van der Waals surface area contributed by atoms with Crippen LogP contribution in [0, 0.1) is 0 Å². The van der Waals surface area contributed by atoms with Crippen molar-refractivity contribution >= 4 is 20.9 Å². The van der Waals surface area contributed by atoms with E-state index in [1.54, 1.807) is 37.3 Å². The maximum absolute atomic E-state index is 13.8. The van der Waals surface area contributed by atoms with Crippen molar-refractivity contribution in [1.82, 2.24) is 13.9 Å². The van der Waals surface area contributed by atoms with Gasteiger partial charge in [0.1, 0.15) is 5.82 Å². The molecule has 5 aromatic rings. The second-order valence-electron chi connectivity index (χ2n) is 11.0. The summed E-state index contributed by atoms with van der Waals surface area (Å²) in [7, 11) is -2.37. The Bertz CT molecular complexity index is 1820. The molecule has 5 rings (SSSR count). The van der Waals surface area contributed by atoms with Gasteiger partial charge in [-0.1, -0.05) is 87.5 Å². The van der Waals surface area contributed by atoms with Crippen LogP contribution in [0.15, 0.2) is 113 Å². The van der Waals surface area contributed by atoms with Crippen LogP contribution in [0.5, 0.6) is 0 Å². The lowest BCUT2D eigenvalue weighted by atomic mass is 9.87. The Morgan fingerprint density at radius 2 is 1.35 bits per heavy atom. The van der Waals surface area contributed by atoms with Gasteiger partial charge in [0.15, 0.2) is 0 Å². The first kappa shape index (κ1) is 27.5. The van der Waals surface area contributed by atoms with Gasteiger partial charge in [0.25, 0.3) is 5.56 Å². The SMILES string of the molecule is CC(c1nc2ccccc2c(=O)n1-c1ccc(C(C)(C)C)cc1)N(C)S(=O)(=O)c1ccc(-c2ccccc2)cc1. The van der Waals surface area contributed by atoms with Crippen molar-refractivity contribution < 1.29 is 8.42 Å². The Balaban J connectivity index is 1.58. The van der Waals surface area contributed by atoms with Gasteiger partial charge in [-0.2, -0.15) is 4.31 Å². The first-order valence-corrected chi connectivity index (χ1v) is 14.7. The van der Waals surface area contributed by atoms with Gasteiger partial charge >= 0.3 is 0 Å². The highest BCUT2D eigenvalue weighted by Gasteiger charge is 2.30. The smallest absolute Gasteiger partial charge is 0.266 e. The third-order valence-electron chi connectivity index (χ3n) is 7.35. The lowest BCUT2D eigenvalue weighted by Gasteiger charge is -2.27. The lowest BCUT2D eigenvalue weighted by Crippen LogP contribution is -2.35. The highest BCUT2D eigenvalue weighted by molar-refractivity contribution is 7.89. The monoisotopic (exact) mass is 551 g/mol. The third kappa shape index (κ3) is 5.10.